The highest BCUT2D eigenvalue weighted by Crippen LogP contribution is 2.23. The van der Waals surface area contributed by atoms with Crippen molar-refractivity contribution in [2.45, 2.75) is 12.6 Å². The zero-order valence-corrected chi connectivity index (χ0v) is 19.7. The molecular formula is C28H28FN3O4. The fourth-order valence-electron chi connectivity index (χ4n) is 3.62. The van der Waals surface area contributed by atoms with Crippen LogP contribution in [0.3, 0.4) is 0 Å². The molecule has 0 saturated heterocycles. The van der Waals surface area contributed by atoms with Gasteiger partial charge in [0.25, 0.3) is 0 Å². The molecule has 0 spiro atoms. The summed E-state index contributed by atoms with van der Waals surface area (Å²) in [6.07, 6.45) is 4.01. The largest absolute Gasteiger partial charge is 0.457 e. The molecule has 1 atom stereocenters. The first-order chi connectivity index (χ1) is 17.5. The molecule has 0 aliphatic carbocycles. The van der Waals surface area contributed by atoms with E-state index < -0.39 is 6.04 Å². The van der Waals surface area contributed by atoms with Crippen molar-refractivity contribution in [2.24, 2.45) is 0 Å². The number of hydrogen-bond donors (Lipinski definition) is 2. The van der Waals surface area contributed by atoms with E-state index in [1.165, 1.54) is 24.3 Å². The lowest BCUT2D eigenvalue weighted by atomic mass is 10.2. The average Bonchev–Trinajstić information content (AvgIpc) is 3.39. The van der Waals surface area contributed by atoms with Gasteiger partial charge in [0.1, 0.15) is 23.4 Å². The summed E-state index contributed by atoms with van der Waals surface area (Å²) in [5, 5.41) is 5.62. The second-order valence-electron chi connectivity index (χ2n) is 8.36. The lowest BCUT2D eigenvalue weighted by Gasteiger charge is -2.21. The van der Waals surface area contributed by atoms with Crippen LogP contribution >= 0.6 is 0 Å². The molecule has 7 nitrogen and oxygen atoms in total. The fraction of sp³-hybridized carbons (Fsp3) is 0.214. The Kier molecular flexibility index (Phi) is 8.80. The van der Waals surface area contributed by atoms with Gasteiger partial charge in [-0.15, -0.1) is 0 Å². The van der Waals surface area contributed by atoms with Crippen molar-refractivity contribution in [1.29, 1.82) is 0 Å². The van der Waals surface area contributed by atoms with E-state index in [-0.39, 0.29) is 30.8 Å². The van der Waals surface area contributed by atoms with E-state index in [1.807, 2.05) is 47.4 Å². The van der Waals surface area contributed by atoms with Crippen LogP contribution in [0, 0.1) is 5.82 Å². The summed E-state index contributed by atoms with van der Waals surface area (Å²) in [5.74, 6) is 0.0647. The third-order valence-electron chi connectivity index (χ3n) is 5.48. The van der Waals surface area contributed by atoms with Gasteiger partial charge in [0.05, 0.1) is 19.8 Å². The van der Waals surface area contributed by atoms with E-state index in [9.17, 15) is 14.0 Å². The standard InChI is InChI=1S/C28H28FN3O4/c29-22-8-12-24(13-9-22)36-25-14-10-23(11-15-25)30-28(34)26(20-35-19-21-6-2-1-3-7-21)31-27(33)18-32-16-4-5-17-32/h1-15,26H,16-20H2,(H,30,34)(H,31,33). The van der Waals surface area contributed by atoms with Gasteiger partial charge in [0, 0.05) is 18.8 Å². The van der Waals surface area contributed by atoms with Crippen LogP contribution in [0.25, 0.3) is 0 Å². The number of amides is 2. The number of rotatable bonds is 11. The summed E-state index contributed by atoms with van der Waals surface area (Å²) in [5.41, 5.74) is 1.51. The molecule has 1 aliphatic heterocycles. The number of ether oxygens (including phenoxy) is 2. The highest BCUT2D eigenvalue weighted by Gasteiger charge is 2.23. The van der Waals surface area contributed by atoms with E-state index in [4.69, 9.17) is 9.47 Å². The maximum atomic E-state index is 13.1. The van der Waals surface area contributed by atoms with Crippen molar-refractivity contribution in [2.75, 3.05) is 31.6 Å². The molecule has 0 bridgehead atoms. The lowest BCUT2D eigenvalue weighted by Crippen LogP contribution is -2.49. The Morgan fingerprint density at radius 3 is 2.19 bits per heavy atom. The highest BCUT2D eigenvalue weighted by molar-refractivity contribution is 5.97. The van der Waals surface area contributed by atoms with Crippen molar-refractivity contribution in [1.82, 2.24) is 10.2 Å². The molecule has 0 fully saturated rings. The maximum Gasteiger partial charge on any atom is 0.249 e. The van der Waals surface area contributed by atoms with Gasteiger partial charge in [0.15, 0.2) is 0 Å². The van der Waals surface area contributed by atoms with Crippen molar-refractivity contribution >= 4 is 17.5 Å². The summed E-state index contributed by atoms with van der Waals surface area (Å²) in [7, 11) is 0. The maximum absolute atomic E-state index is 13.1. The van der Waals surface area contributed by atoms with Gasteiger partial charge in [-0.05, 0) is 54.1 Å². The van der Waals surface area contributed by atoms with E-state index in [2.05, 4.69) is 10.6 Å². The first-order valence-electron chi connectivity index (χ1n) is 11.7. The van der Waals surface area contributed by atoms with Crippen LogP contribution in [0.5, 0.6) is 11.5 Å². The van der Waals surface area contributed by atoms with Gasteiger partial charge < -0.3 is 20.1 Å². The number of carbonyl (C=O) groups is 2. The Bertz CT molecular complexity index is 1160. The molecular weight excluding hydrogens is 461 g/mol. The van der Waals surface area contributed by atoms with Crippen molar-refractivity contribution < 1.29 is 23.5 Å². The monoisotopic (exact) mass is 489 g/mol. The van der Waals surface area contributed by atoms with Gasteiger partial charge in [0.2, 0.25) is 11.8 Å². The van der Waals surface area contributed by atoms with Crippen LogP contribution in [0.4, 0.5) is 10.1 Å². The normalized spacial score (nSPS) is 13.8. The zero-order chi connectivity index (χ0) is 25.2. The molecule has 0 aromatic heterocycles. The smallest absolute Gasteiger partial charge is 0.249 e. The van der Waals surface area contributed by atoms with Crippen LogP contribution in [0.2, 0.25) is 0 Å². The second-order valence-corrected chi connectivity index (χ2v) is 8.36. The molecule has 8 heteroatoms. The van der Waals surface area contributed by atoms with Gasteiger partial charge in [-0.1, -0.05) is 42.5 Å². The van der Waals surface area contributed by atoms with Crippen molar-refractivity contribution in [3.8, 4) is 11.5 Å². The number of nitrogens with one attached hydrogen (secondary N) is 2. The Labute approximate surface area is 209 Å². The summed E-state index contributed by atoms with van der Waals surface area (Å²) in [6, 6.07) is 21.2. The van der Waals surface area contributed by atoms with E-state index >= 15 is 0 Å². The molecule has 1 heterocycles. The van der Waals surface area contributed by atoms with Crippen LogP contribution in [0.1, 0.15) is 5.56 Å². The summed E-state index contributed by atoms with van der Waals surface area (Å²) >= 11 is 0. The van der Waals surface area contributed by atoms with Gasteiger partial charge in [-0.3, -0.25) is 14.5 Å². The molecule has 3 aromatic rings. The molecule has 1 unspecified atom stereocenters. The average molecular weight is 490 g/mol. The summed E-state index contributed by atoms with van der Waals surface area (Å²) < 4.78 is 24.5. The molecule has 0 saturated carbocycles. The van der Waals surface area contributed by atoms with Crippen LogP contribution in [-0.4, -0.2) is 49.0 Å². The van der Waals surface area contributed by atoms with Gasteiger partial charge in [-0.25, -0.2) is 4.39 Å². The molecule has 2 amide bonds. The Balaban J connectivity index is 1.34. The van der Waals surface area contributed by atoms with E-state index in [1.54, 1.807) is 24.3 Å². The zero-order valence-electron chi connectivity index (χ0n) is 19.7. The van der Waals surface area contributed by atoms with Gasteiger partial charge >= 0.3 is 0 Å². The Morgan fingerprint density at radius 1 is 0.889 bits per heavy atom. The number of benzene rings is 3. The minimum absolute atomic E-state index is 0.0243. The predicted octanol–water partition coefficient (Wildman–Crippen LogP) is 4.13. The topological polar surface area (TPSA) is 79.9 Å². The Morgan fingerprint density at radius 2 is 1.53 bits per heavy atom. The minimum atomic E-state index is -0.869. The number of carbonyl (C=O) groups excluding carboxylic acids is 2. The highest BCUT2D eigenvalue weighted by atomic mass is 19.1. The first kappa shape index (κ1) is 25.1. The first-order valence-corrected chi connectivity index (χ1v) is 11.7. The van der Waals surface area contributed by atoms with Crippen LogP contribution < -0.4 is 15.4 Å². The van der Waals surface area contributed by atoms with E-state index in [0.717, 1.165) is 5.56 Å². The molecule has 36 heavy (non-hydrogen) atoms. The molecule has 2 N–H and O–H groups in total. The van der Waals surface area contributed by atoms with Crippen LogP contribution in [-0.2, 0) is 20.9 Å². The second kappa shape index (κ2) is 12.6. The molecule has 0 radical (unpaired) electrons. The molecule has 1 aliphatic rings. The third-order valence-corrected chi connectivity index (χ3v) is 5.48. The fourth-order valence-corrected chi connectivity index (χ4v) is 3.62. The quantitative estimate of drug-likeness (QED) is 0.396. The number of hydrogen-bond acceptors (Lipinski definition) is 5. The third kappa shape index (κ3) is 7.76. The Hall–Kier alpha value is -4.01. The molecule has 3 aromatic carbocycles. The van der Waals surface area contributed by atoms with Gasteiger partial charge in [-0.2, -0.15) is 0 Å². The number of halogens is 1. The molecule has 186 valence electrons. The number of nitrogens with zero attached hydrogens (tertiary/aromatic N) is 1. The molecule has 4 rings (SSSR count). The van der Waals surface area contributed by atoms with Crippen molar-refractivity contribution in [3.63, 3.8) is 0 Å². The van der Waals surface area contributed by atoms with Crippen molar-refractivity contribution in [3.05, 3.63) is 102 Å². The summed E-state index contributed by atoms with van der Waals surface area (Å²) in [6.45, 7) is 1.97. The number of anilines is 1. The summed E-state index contributed by atoms with van der Waals surface area (Å²) in [4.78, 5) is 27.6. The SMILES string of the molecule is O=C(CN1CC=CC1)NC(COCc1ccccc1)C(=O)Nc1ccc(Oc2ccc(F)cc2)cc1. The lowest BCUT2D eigenvalue weighted by molar-refractivity contribution is -0.128. The minimum Gasteiger partial charge on any atom is -0.457 e. The van der Waals surface area contributed by atoms with Crippen LogP contribution in [0.15, 0.2) is 91.0 Å². The van der Waals surface area contributed by atoms with E-state index in [0.29, 0.717) is 36.9 Å². The predicted molar refractivity (Wildman–Crippen MR) is 135 cm³/mol.